The van der Waals surface area contributed by atoms with Crippen molar-refractivity contribution < 1.29 is 0 Å². The summed E-state index contributed by atoms with van der Waals surface area (Å²) in [7, 11) is 0. The van der Waals surface area contributed by atoms with Crippen LogP contribution in [0.2, 0.25) is 0 Å². The molecule has 0 aliphatic heterocycles. The van der Waals surface area contributed by atoms with Gasteiger partial charge in [0.25, 0.3) is 0 Å². The molecule has 3 aromatic heterocycles. The summed E-state index contributed by atoms with van der Waals surface area (Å²) >= 11 is 1.83. The van der Waals surface area contributed by atoms with Gasteiger partial charge in [0, 0.05) is 59.0 Å². The number of thiophene rings is 1. The van der Waals surface area contributed by atoms with Gasteiger partial charge in [-0.15, -0.1) is 11.3 Å². The highest BCUT2D eigenvalue weighted by molar-refractivity contribution is 7.26. The SMILES string of the molecule is CC1(C)c2cc(-c3cc(-c4ccccc4)nc(-c4ccccc4)n3)ccc2-c2ccc(-c3cccc4c3sc3cc(-c5nc(-c6ccccc6)nc(-c6ccccc6)n5)ccc34)cc21. The fourth-order valence-electron chi connectivity index (χ4n) is 9.24. The smallest absolute Gasteiger partial charge is 0.164 e. The summed E-state index contributed by atoms with van der Waals surface area (Å²) in [5.41, 5.74) is 15.2. The van der Waals surface area contributed by atoms with Crippen LogP contribution in [0.5, 0.6) is 0 Å². The van der Waals surface area contributed by atoms with Gasteiger partial charge in [0.15, 0.2) is 23.3 Å². The molecule has 0 unspecified atom stereocenters. The Bertz CT molecular complexity index is 3450. The quantitative estimate of drug-likeness (QED) is 0.160. The summed E-state index contributed by atoms with van der Waals surface area (Å²) in [6, 6.07) is 70.2. The number of hydrogen-bond donors (Lipinski definition) is 0. The van der Waals surface area contributed by atoms with Gasteiger partial charge < -0.3 is 0 Å². The Labute approximate surface area is 375 Å². The summed E-state index contributed by atoms with van der Waals surface area (Å²) in [4.78, 5) is 25.1. The minimum absolute atomic E-state index is 0.237. The van der Waals surface area contributed by atoms with Crippen LogP contribution in [0.1, 0.15) is 25.0 Å². The van der Waals surface area contributed by atoms with Crippen molar-refractivity contribution in [2.45, 2.75) is 19.3 Å². The van der Waals surface area contributed by atoms with E-state index in [4.69, 9.17) is 24.9 Å². The molecule has 6 heteroatoms. The number of hydrogen-bond acceptors (Lipinski definition) is 6. The molecule has 8 aromatic carbocycles. The minimum Gasteiger partial charge on any atom is -0.228 e. The molecule has 0 saturated carbocycles. The second kappa shape index (κ2) is 15.2. The van der Waals surface area contributed by atoms with Crippen molar-refractivity contribution in [1.82, 2.24) is 24.9 Å². The molecule has 0 amide bonds. The van der Waals surface area contributed by atoms with Crippen molar-refractivity contribution in [2.75, 3.05) is 0 Å². The number of benzene rings is 8. The summed E-state index contributed by atoms with van der Waals surface area (Å²) in [5.74, 6) is 2.69. The summed E-state index contributed by atoms with van der Waals surface area (Å²) in [6.45, 7) is 4.70. The Hall–Kier alpha value is -7.93. The van der Waals surface area contributed by atoms with E-state index in [9.17, 15) is 0 Å². The number of fused-ring (bicyclic) bond motifs is 6. The summed E-state index contributed by atoms with van der Waals surface area (Å²) < 4.78 is 2.46. The maximum absolute atomic E-state index is 5.16. The molecule has 0 radical (unpaired) electrons. The Balaban J connectivity index is 0.919. The van der Waals surface area contributed by atoms with Crippen LogP contribution in [0.4, 0.5) is 0 Å². The predicted molar refractivity (Wildman–Crippen MR) is 264 cm³/mol. The van der Waals surface area contributed by atoms with Crippen molar-refractivity contribution in [3.05, 3.63) is 211 Å². The van der Waals surface area contributed by atoms with Crippen LogP contribution in [0.25, 0.3) is 110 Å². The van der Waals surface area contributed by atoms with Gasteiger partial charge in [0.05, 0.1) is 11.4 Å². The molecule has 0 atom stereocenters. The first-order chi connectivity index (χ1) is 31.4. The molecule has 302 valence electrons. The van der Waals surface area contributed by atoms with Crippen LogP contribution >= 0.6 is 11.3 Å². The lowest BCUT2D eigenvalue weighted by Gasteiger charge is -2.22. The van der Waals surface area contributed by atoms with E-state index in [2.05, 4.69) is 129 Å². The predicted octanol–water partition coefficient (Wildman–Crippen LogP) is 15.0. The lowest BCUT2D eigenvalue weighted by Crippen LogP contribution is -2.15. The molecule has 11 aromatic rings. The second-order valence-corrected chi connectivity index (χ2v) is 17.9. The van der Waals surface area contributed by atoms with E-state index >= 15 is 0 Å². The van der Waals surface area contributed by atoms with E-state index < -0.39 is 0 Å². The molecular weight excluding hydrogens is 799 g/mol. The van der Waals surface area contributed by atoms with Gasteiger partial charge in [-0.1, -0.05) is 190 Å². The van der Waals surface area contributed by atoms with Crippen LogP contribution in [0.15, 0.2) is 200 Å². The van der Waals surface area contributed by atoms with E-state index in [0.29, 0.717) is 17.5 Å². The highest BCUT2D eigenvalue weighted by Gasteiger charge is 2.36. The van der Waals surface area contributed by atoms with Crippen LogP contribution in [0.3, 0.4) is 0 Å². The van der Waals surface area contributed by atoms with Crippen LogP contribution in [-0.2, 0) is 5.41 Å². The third-order valence-corrected chi connectivity index (χ3v) is 13.8. The van der Waals surface area contributed by atoms with Gasteiger partial charge >= 0.3 is 0 Å². The maximum atomic E-state index is 5.16. The molecule has 0 spiro atoms. The fraction of sp³-hybridized carbons (Fsp3) is 0.0517. The van der Waals surface area contributed by atoms with Gasteiger partial charge in [0.2, 0.25) is 0 Å². The molecule has 12 rings (SSSR count). The molecule has 64 heavy (non-hydrogen) atoms. The first-order valence-corrected chi connectivity index (χ1v) is 22.4. The molecule has 0 saturated heterocycles. The summed E-state index contributed by atoms with van der Waals surface area (Å²) in [5, 5.41) is 2.47. The van der Waals surface area contributed by atoms with E-state index in [1.54, 1.807) is 0 Å². The Morgan fingerprint density at radius 3 is 1.38 bits per heavy atom. The first-order valence-electron chi connectivity index (χ1n) is 21.6. The highest BCUT2D eigenvalue weighted by atomic mass is 32.1. The number of aromatic nitrogens is 5. The monoisotopic (exact) mass is 837 g/mol. The maximum Gasteiger partial charge on any atom is 0.164 e. The molecule has 0 bridgehead atoms. The van der Waals surface area contributed by atoms with Gasteiger partial charge in [-0.25, -0.2) is 24.9 Å². The third-order valence-electron chi connectivity index (χ3n) is 12.6. The van der Waals surface area contributed by atoms with Gasteiger partial charge in [-0.3, -0.25) is 0 Å². The van der Waals surface area contributed by atoms with Gasteiger partial charge in [-0.05, 0) is 57.6 Å². The standard InChI is InChI=1S/C58H39N5S/c1-58(2)48-32-40(26-29-44(48)45-30-27-41(33-49(45)58)51-35-50(36-16-7-3-8-17-36)59-54(60-51)37-18-9-4-10-19-37)43-24-15-25-47-46-31-28-42(34-52(46)64-53(43)47)57-62-55(38-20-11-5-12-21-38)61-56(63-57)39-22-13-6-14-23-39/h3-35H,1-2H3. The third kappa shape index (κ3) is 6.50. The largest absolute Gasteiger partial charge is 0.228 e. The molecular formula is C58H39N5S. The molecule has 1 aliphatic carbocycles. The van der Waals surface area contributed by atoms with Crippen molar-refractivity contribution in [2.24, 2.45) is 0 Å². The van der Waals surface area contributed by atoms with E-state index in [1.165, 1.54) is 53.6 Å². The zero-order valence-electron chi connectivity index (χ0n) is 35.2. The Kier molecular flexibility index (Phi) is 8.95. The van der Waals surface area contributed by atoms with Crippen molar-refractivity contribution in [3.63, 3.8) is 0 Å². The normalized spacial score (nSPS) is 12.7. The lowest BCUT2D eigenvalue weighted by molar-refractivity contribution is 0.661. The fourth-order valence-corrected chi connectivity index (χ4v) is 10.5. The zero-order valence-corrected chi connectivity index (χ0v) is 36.0. The average molecular weight is 838 g/mol. The van der Waals surface area contributed by atoms with Crippen LogP contribution in [-0.4, -0.2) is 24.9 Å². The van der Waals surface area contributed by atoms with Crippen molar-refractivity contribution in [1.29, 1.82) is 0 Å². The number of rotatable bonds is 7. The molecule has 3 heterocycles. The first kappa shape index (κ1) is 37.8. The number of nitrogens with zero attached hydrogens (tertiary/aromatic N) is 5. The zero-order chi connectivity index (χ0) is 42.8. The van der Waals surface area contributed by atoms with Crippen molar-refractivity contribution in [3.8, 4) is 90.3 Å². The van der Waals surface area contributed by atoms with Gasteiger partial charge in [-0.2, -0.15) is 0 Å². The van der Waals surface area contributed by atoms with E-state index in [-0.39, 0.29) is 5.41 Å². The van der Waals surface area contributed by atoms with E-state index in [1.807, 2.05) is 96.3 Å². The highest BCUT2D eigenvalue weighted by Crippen LogP contribution is 2.51. The Morgan fingerprint density at radius 2 is 0.797 bits per heavy atom. The van der Waals surface area contributed by atoms with Crippen molar-refractivity contribution >= 4 is 31.5 Å². The molecule has 1 aliphatic rings. The van der Waals surface area contributed by atoms with Crippen LogP contribution < -0.4 is 0 Å². The average Bonchev–Trinajstić information content (AvgIpc) is 3.85. The lowest BCUT2D eigenvalue weighted by atomic mass is 9.81. The second-order valence-electron chi connectivity index (χ2n) is 16.9. The molecule has 0 fully saturated rings. The Morgan fingerprint density at radius 1 is 0.328 bits per heavy atom. The summed E-state index contributed by atoms with van der Waals surface area (Å²) in [6.07, 6.45) is 0. The van der Waals surface area contributed by atoms with Gasteiger partial charge in [0.1, 0.15) is 0 Å². The topological polar surface area (TPSA) is 64.5 Å². The minimum atomic E-state index is -0.237. The molecule has 0 N–H and O–H groups in total. The van der Waals surface area contributed by atoms with Crippen LogP contribution in [0, 0.1) is 0 Å². The van der Waals surface area contributed by atoms with E-state index in [0.717, 1.165) is 50.6 Å². The molecule has 5 nitrogen and oxygen atoms in total.